The Bertz CT molecular complexity index is 1230. The molecule has 2 aromatic carbocycles. The van der Waals surface area contributed by atoms with Crippen molar-refractivity contribution in [2.24, 2.45) is 0 Å². The Labute approximate surface area is 173 Å². The molecule has 0 bridgehead atoms. The van der Waals surface area contributed by atoms with Gasteiger partial charge in [0.1, 0.15) is 0 Å². The molecule has 0 aliphatic carbocycles. The van der Waals surface area contributed by atoms with Gasteiger partial charge in [-0.25, -0.2) is 9.67 Å². The van der Waals surface area contributed by atoms with Crippen LogP contribution in [-0.2, 0) is 6.54 Å². The van der Waals surface area contributed by atoms with Gasteiger partial charge in [0, 0.05) is 30.4 Å². The molecule has 7 heteroatoms. The molecule has 4 aromatic rings. The van der Waals surface area contributed by atoms with E-state index in [0.717, 1.165) is 5.56 Å². The van der Waals surface area contributed by atoms with Crippen LogP contribution < -0.4 is 10.6 Å². The minimum atomic E-state index is -0.288. The second kappa shape index (κ2) is 8.16. The maximum atomic E-state index is 13.2. The highest BCUT2D eigenvalue weighted by molar-refractivity contribution is 6.13. The molecule has 30 heavy (non-hydrogen) atoms. The van der Waals surface area contributed by atoms with Crippen LogP contribution in [-0.4, -0.2) is 33.6 Å². The lowest BCUT2D eigenvalue weighted by Gasteiger charge is -2.10. The summed E-state index contributed by atoms with van der Waals surface area (Å²) < 4.78 is 1.77. The molecular formula is C23H21N5O2. The Kier molecular flexibility index (Phi) is 5.26. The Balaban J connectivity index is 1.77. The molecule has 2 amide bonds. The van der Waals surface area contributed by atoms with Gasteiger partial charge in [-0.1, -0.05) is 36.4 Å². The minimum Gasteiger partial charge on any atom is -0.355 e. The average molecular weight is 399 g/mol. The van der Waals surface area contributed by atoms with E-state index >= 15 is 0 Å². The molecule has 2 N–H and O–H groups in total. The number of carbonyl (C=O) groups is 2. The number of amides is 2. The van der Waals surface area contributed by atoms with Crippen molar-refractivity contribution in [2.75, 3.05) is 12.4 Å². The van der Waals surface area contributed by atoms with Crippen molar-refractivity contribution in [3.05, 3.63) is 78.0 Å². The fourth-order valence-electron chi connectivity index (χ4n) is 3.30. The number of rotatable bonds is 5. The minimum absolute atomic E-state index is 0.215. The summed E-state index contributed by atoms with van der Waals surface area (Å²) in [5.41, 5.74) is 3.75. The number of nitrogens with one attached hydrogen (secondary N) is 2. The van der Waals surface area contributed by atoms with E-state index in [1.165, 1.54) is 0 Å². The maximum Gasteiger partial charge on any atom is 0.256 e. The van der Waals surface area contributed by atoms with Crippen molar-refractivity contribution in [3.8, 4) is 11.3 Å². The van der Waals surface area contributed by atoms with Crippen molar-refractivity contribution < 1.29 is 9.59 Å². The van der Waals surface area contributed by atoms with Crippen LogP contribution in [0, 0.1) is 0 Å². The smallest absolute Gasteiger partial charge is 0.256 e. The fraction of sp³-hybridized carbons (Fsp3) is 0.130. The van der Waals surface area contributed by atoms with E-state index in [1.54, 1.807) is 48.3 Å². The fourth-order valence-corrected chi connectivity index (χ4v) is 3.30. The number of hydrogen-bond donors (Lipinski definition) is 2. The van der Waals surface area contributed by atoms with E-state index < -0.39 is 0 Å². The molecule has 0 aliphatic rings. The lowest BCUT2D eigenvalue weighted by atomic mass is 10.1. The van der Waals surface area contributed by atoms with Crippen molar-refractivity contribution in [2.45, 2.75) is 13.5 Å². The number of nitrogens with zero attached hydrogens (tertiary/aromatic N) is 3. The van der Waals surface area contributed by atoms with Gasteiger partial charge in [0.05, 0.1) is 22.8 Å². The molecule has 0 spiro atoms. The summed E-state index contributed by atoms with van der Waals surface area (Å²) in [5.74, 6) is -0.503. The van der Waals surface area contributed by atoms with Gasteiger partial charge in [-0.05, 0) is 31.2 Å². The van der Waals surface area contributed by atoms with Crippen molar-refractivity contribution >= 4 is 28.5 Å². The molecule has 0 fully saturated rings. The molecule has 0 saturated carbocycles. The monoisotopic (exact) mass is 399 g/mol. The Morgan fingerprint density at radius 1 is 1.00 bits per heavy atom. The van der Waals surface area contributed by atoms with E-state index in [4.69, 9.17) is 4.98 Å². The van der Waals surface area contributed by atoms with E-state index in [9.17, 15) is 9.59 Å². The number of anilines is 1. The molecule has 150 valence electrons. The Hall–Kier alpha value is -4.00. The van der Waals surface area contributed by atoms with Gasteiger partial charge in [0.25, 0.3) is 11.8 Å². The van der Waals surface area contributed by atoms with E-state index in [1.807, 2.05) is 37.3 Å². The van der Waals surface area contributed by atoms with Crippen LogP contribution in [0.25, 0.3) is 22.3 Å². The highest BCUT2D eigenvalue weighted by Crippen LogP contribution is 2.26. The van der Waals surface area contributed by atoms with Crippen molar-refractivity contribution in [3.63, 3.8) is 0 Å². The largest absolute Gasteiger partial charge is 0.355 e. The molecule has 0 saturated heterocycles. The lowest BCUT2D eigenvalue weighted by Crippen LogP contribution is -2.18. The van der Waals surface area contributed by atoms with E-state index in [-0.39, 0.29) is 11.8 Å². The van der Waals surface area contributed by atoms with Crippen LogP contribution in [0.3, 0.4) is 0 Å². The SMILES string of the molecule is CCn1ncc2c(C(=O)Nc3cccc(C(=O)NC)c3)cc(-c3ccccc3)nc21. The molecular weight excluding hydrogens is 378 g/mol. The first-order valence-corrected chi connectivity index (χ1v) is 9.66. The zero-order chi connectivity index (χ0) is 21.1. The van der Waals surface area contributed by atoms with Gasteiger partial charge in [0.15, 0.2) is 5.65 Å². The molecule has 7 nitrogen and oxygen atoms in total. The number of aryl methyl sites for hydroxylation is 1. The zero-order valence-electron chi connectivity index (χ0n) is 16.7. The Morgan fingerprint density at radius 2 is 1.80 bits per heavy atom. The van der Waals surface area contributed by atoms with Crippen LogP contribution in [0.4, 0.5) is 5.69 Å². The third kappa shape index (κ3) is 3.65. The van der Waals surface area contributed by atoms with Crippen molar-refractivity contribution in [1.82, 2.24) is 20.1 Å². The summed E-state index contributed by atoms with van der Waals surface area (Å²) in [7, 11) is 1.57. The van der Waals surface area contributed by atoms with Crippen LogP contribution in [0.2, 0.25) is 0 Å². The van der Waals surface area contributed by atoms with Gasteiger partial charge in [0.2, 0.25) is 0 Å². The standard InChI is InChI=1S/C23H21N5O2/c1-3-28-21-19(14-25-28)18(13-20(27-21)15-8-5-4-6-9-15)23(30)26-17-11-7-10-16(12-17)22(29)24-2/h4-14H,3H2,1-2H3,(H,24,29)(H,26,30). The maximum absolute atomic E-state index is 13.2. The number of pyridine rings is 1. The number of carbonyl (C=O) groups excluding carboxylic acids is 2. The van der Waals surface area contributed by atoms with Crippen LogP contribution >= 0.6 is 0 Å². The number of fused-ring (bicyclic) bond motifs is 1. The summed E-state index contributed by atoms with van der Waals surface area (Å²) in [6, 6.07) is 18.3. The predicted molar refractivity (Wildman–Crippen MR) is 116 cm³/mol. The van der Waals surface area contributed by atoms with Gasteiger partial charge < -0.3 is 10.6 Å². The number of aromatic nitrogens is 3. The van der Waals surface area contributed by atoms with Crippen molar-refractivity contribution in [1.29, 1.82) is 0 Å². The van der Waals surface area contributed by atoms with Crippen LogP contribution in [0.5, 0.6) is 0 Å². The molecule has 0 aliphatic heterocycles. The predicted octanol–water partition coefficient (Wildman–Crippen LogP) is 3.73. The molecule has 0 radical (unpaired) electrons. The highest BCUT2D eigenvalue weighted by atomic mass is 16.2. The summed E-state index contributed by atoms with van der Waals surface area (Å²) in [4.78, 5) is 29.8. The van der Waals surface area contributed by atoms with E-state index in [2.05, 4.69) is 15.7 Å². The van der Waals surface area contributed by atoms with Gasteiger partial charge in [-0.15, -0.1) is 0 Å². The first kappa shape index (κ1) is 19.3. The van der Waals surface area contributed by atoms with Gasteiger partial charge >= 0.3 is 0 Å². The van der Waals surface area contributed by atoms with Crippen LogP contribution in [0.1, 0.15) is 27.6 Å². The summed E-state index contributed by atoms with van der Waals surface area (Å²) >= 11 is 0. The first-order chi connectivity index (χ1) is 14.6. The van der Waals surface area contributed by atoms with E-state index in [0.29, 0.717) is 40.1 Å². The molecule has 2 heterocycles. The normalized spacial score (nSPS) is 10.7. The molecule has 2 aromatic heterocycles. The quantitative estimate of drug-likeness (QED) is 0.535. The van der Waals surface area contributed by atoms with Gasteiger partial charge in [-0.2, -0.15) is 5.10 Å². The molecule has 0 unspecified atom stereocenters. The molecule has 0 atom stereocenters. The lowest BCUT2D eigenvalue weighted by molar-refractivity contribution is 0.0961. The second-order valence-corrected chi connectivity index (χ2v) is 6.73. The topological polar surface area (TPSA) is 88.9 Å². The Morgan fingerprint density at radius 3 is 2.53 bits per heavy atom. The highest BCUT2D eigenvalue weighted by Gasteiger charge is 2.18. The average Bonchev–Trinajstić information content (AvgIpc) is 3.21. The summed E-state index contributed by atoms with van der Waals surface area (Å²) in [6.07, 6.45) is 1.66. The first-order valence-electron chi connectivity index (χ1n) is 9.66. The van der Waals surface area contributed by atoms with Crippen LogP contribution in [0.15, 0.2) is 66.9 Å². The summed E-state index contributed by atoms with van der Waals surface area (Å²) in [6.45, 7) is 2.62. The molecule has 4 rings (SSSR count). The number of hydrogen-bond acceptors (Lipinski definition) is 4. The second-order valence-electron chi connectivity index (χ2n) is 6.73. The third-order valence-corrected chi connectivity index (χ3v) is 4.83. The summed E-state index contributed by atoms with van der Waals surface area (Å²) in [5, 5.41) is 10.5. The number of benzene rings is 2. The zero-order valence-corrected chi connectivity index (χ0v) is 16.7. The van der Waals surface area contributed by atoms with Gasteiger partial charge in [-0.3, -0.25) is 9.59 Å². The third-order valence-electron chi connectivity index (χ3n) is 4.83.